The second-order valence-electron chi connectivity index (χ2n) is 21.3. The van der Waals surface area contributed by atoms with E-state index in [1.54, 1.807) is 0 Å². The standard InChI is InChI=1S/C46H76N2O7/c1-6-7-8-9-17-44-20-13-31(50)25-34(44)38(51)32-11-10-30-24-35(42(4)19-14-33(44)37(32)46(30,42)53)45(26-28(2)16-22-54-45)40-39(55-40)43(5,52)41(3,27-49)18-12-29-15-21-48-36(47)23-29/h28-31,33-36,39-40,48-50,52-53H,6-27,47H2,1-5H3. The van der Waals surface area contributed by atoms with E-state index in [2.05, 4.69) is 26.1 Å². The van der Waals surface area contributed by atoms with E-state index in [1.807, 2.05) is 13.8 Å². The normalized spacial score (nSPS) is 48.8. The zero-order valence-corrected chi connectivity index (χ0v) is 34.9. The fourth-order valence-corrected chi connectivity index (χ4v) is 14.9. The summed E-state index contributed by atoms with van der Waals surface area (Å²) >= 11 is 0. The van der Waals surface area contributed by atoms with E-state index >= 15 is 0 Å². The van der Waals surface area contributed by atoms with Gasteiger partial charge in [-0.3, -0.25) is 4.79 Å². The summed E-state index contributed by atoms with van der Waals surface area (Å²) in [7, 11) is 0. The van der Waals surface area contributed by atoms with Crippen molar-refractivity contribution in [3.63, 3.8) is 0 Å². The molecule has 0 aromatic rings. The maximum atomic E-state index is 14.8. The Balaban J connectivity index is 1.12. The van der Waals surface area contributed by atoms with Crippen LogP contribution in [0.25, 0.3) is 0 Å². The van der Waals surface area contributed by atoms with Gasteiger partial charge in [0.2, 0.25) is 0 Å². The number of carbonyl (C=O) groups is 1. The SMILES string of the molecule is CCCCCCC12CCC(O)CC1C(=O)C1=C3C2CCC2(C)C(C4(C5OC5C(C)(O)C(C)(CO)CCC5CCNC(N)C5)CC(C)CCO4)CC(CC1)C32O. The molecule has 5 aliphatic carbocycles. The van der Waals surface area contributed by atoms with Gasteiger partial charge in [-0.2, -0.15) is 0 Å². The number of aliphatic hydroxyl groups is 4. The molecule has 3 heterocycles. The lowest BCUT2D eigenvalue weighted by Crippen LogP contribution is -2.66. The van der Waals surface area contributed by atoms with Crippen molar-refractivity contribution in [2.75, 3.05) is 19.8 Å². The Morgan fingerprint density at radius 3 is 2.55 bits per heavy atom. The molecule has 7 N–H and O–H groups in total. The third-order valence-electron chi connectivity index (χ3n) is 18.5. The number of nitrogens with one attached hydrogen (secondary N) is 1. The fourth-order valence-electron chi connectivity index (χ4n) is 14.9. The number of nitrogens with two attached hydrogens (primary N) is 1. The Hall–Kier alpha value is -0.910. The number of allylic oxidation sites excluding steroid dienone is 1. The summed E-state index contributed by atoms with van der Waals surface area (Å²) in [4.78, 5) is 14.8. The number of ketones is 1. The number of piperidine rings is 1. The van der Waals surface area contributed by atoms with E-state index in [9.17, 15) is 25.2 Å². The Labute approximate surface area is 331 Å². The number of hydrogen-bond donors (Lipinski definition) is 6. The molecule has 3 saturated carbocycles. The maximum Gasteiger partial charge on any atom is 0.162 e. The van der Waals surface area contributed by atoms with Crippen LogP contribution in [0.5, 0.6) is 0 Å². The monoisotopic (exact) mass is 769 g/mol. The van der Waals surface area contributed by atoms with Crippen LogP contribution >= 0.6 is 0 Å². The topological polar surface area (TPSA) is 158 Å². The predicted molar refractivity (Wildman–Crippen MR) is 213 cm³/mol. The average molecular weight is 769 g/mol. The van der Waals surface area contributed by atoms with Crippen LogP contribution in [-0.4, -0.2) is 87.2 Å². The van der Waals surface area contributed by atoms with Crippen LogP contribution in [-0.2, 0) is 14.3 Å². The molecule has 55 heavy (non-hydrogen) atoms. The second-order valence-corrected chi connectivity index (χ2v) is 21.3. The number of rotatable bonds is 13. The average Bonchev–Trinajstić information content (AvgIpc) is 3.94. The third-order valence-corrected chi connectivity index (χ3v) is 18.5. The van der Waals surface area contributed by atoms with E-state index in [-0.39, 0.29) is 53.7 Å². The number of Topliss-reactive ketones (excluding diaryl/α,β-unsaturated/α-hetero) is 1. The van der Waals surface area contributed by atoms with Gasteiger partial charge in [-0.15, -0.1) is 0 Å². The van der Waals surface area contributed by atoms with Crippen molar-refractivity contribution in [3.05, 3.63) is 11.1 Å². The minimum absolute atomic E-state index is 0.00512. The van der Waals surface area contributed by atoms with Crippen LogP contribution in [0, 0.1) is 51.8 Å². The number of ether oxygens (including phenoxy) is 2. The Morgan fingerprint density at radius 1 is 1.02 bits per heavy atom. The lowest BCUT2D eigenvalue weighted by Gasteiger charge is -2.64. The molecule has 0 aromatic heterocycles. The summed E-state index contributed by atoms with van der Waals surface area (Å²) in [6, 6.07) is 0. The highest BCUT2D eigenvalue weighted by Gasteiger charge is 2.78. The molecule has 16 atom stereocenters. The zero-order valence-electron chi connectivity index (χ0n) is 34.9. The number of epoxide rings is 1. The molecule has 8 rings (SSSR count). The van der Waals surface area contributed by atoms with Crippen LogP contribution in [0.2, 0.25) is 0 Å². The molecule has 0 amide bonds. The molecule has 3 aliphatic heterocycles. The molecule has 0 aromatic carbocycles. The van der Waals surface area contributed by atoms with Gasteiger partial charge in [0.1, 0.15) is 17.8 Å². The molecule has 8 aliphatic rings. The van der Waals surface area contributed by atoms with E-state index in [4.69, 9.17) is 15.2 Å². The molecule has 3 saturated heterocycles. The molecule has 312 valence electrons. The van der Waals surface area contributed by atoms with Gasteiger partial charge in [-0.05, 0) is 156 Å². The van der Waals surface area contributed by atoms with Crippen LogP contribution in [0.1, 0.15) is 157 Å². The Bertz CT molecular complexity index is 1490. The lowest BCUT2D eigenvalue weighted by atomic mass is 9.41. The molecule has 0 spiro atoms. The first kappa shape index (κ1) is 40.9. The minimum Gasteiger partial charge on any atom is -0.396 e. The lowest BCUT2D eigenvalue weighted by molar-refractivity contribution is -0.198. The molecule has 9 heteroatoms. The van der Waals surface area contributed by atoms with Gasteiger partial charge in [-0.1, -0.05) is 53.4 Å². The van der Waals surface area contributed by atoms with Crippen molar-refractivity contribution in [1.29, 1.82) is 0 Å². The summed E-state index contributed by atoms with van der Waals surface area (Å²) in [5, 5.41) is 51.6. The molecule has 16 unspecified atom stereocenters. The van der Waals surface area contributed by atoms with E-state index < -0.39 is 39.8 Å². The Morgan fingerprint density at radius 2 is 1.82 bits per heavy atom. The van der Waals surface area contributed by atoms with E-state index in [0.717, 1.165) is 108 Å². The highest BCUT2D eigenvalue weighted by atomic mass is 16.6. The number of fused-ring (bicyclic) bond motifs is 2. The predicted octanol–water partition coefficient (Wildman–Crippen LogP) is 6.33. The van der Waals surface area contributed by atoms with Gasteiger partial charge in [0, 0.05) is 23.4 Å². The van der Waals surface area contributed by atoms with Crippen molar-refractivity contribution in [2.45, 2.75) is 198 Å². The minimum atomic E-state index is -1.30. The van der Waals surface area contributed by atoms with Gasteiger partial charge in [0.05, 0.1) is 30.1 Å². The van der Waals surface area contributed by atoms with E-state index in [0.29, 0.717) is 31.3 Å². The first-order valence-corrected chi connectivity index (χ1v) is 22.9. The molecule has 0 radical (unpaired) electrons. The summed E-state index contributed by atoms with van der Waals surface area (Å²) in [6.07, 6.45) is 16.0. The van der Waals surface area contributed by atoms with Crippen molar-refractivity contribution >= 4 is 5.78 Å². The highest BCUT2D eigenvalue weighted by molar-refractivity contribution is 6.00. The van der Waals surface area contributed by atoms with Crippen molar-refractivity contribution in [1.82, 2.24) is 5.32 Å². The quantitative estimate of drug-likeness (QED) is 0.0931. The molecule has 6 fully saturated rings. The molecule has 9 nitrogen and oxygen atoms in total. The summed E-state index contributed by atoms with van der Waals surface area (Å²) < 4.78 is 13.9. The van der Waals surface area contributed by atoms with Crippen LogP contribution in [0.3, 0.4) is 0 Å². The van der Waals surface area contributed by atoms with Gasteiger partial charge >= 0.3 is 0 Å². The number of hydrogen-bond acceptors (Lipinski definition) is 9. The first-order valence-electron chi connectivity index (χ1n) is 22.9. The molecular formula is C46H76N2O7. The molecule has 0 bridgehead atoms. The van der Waals surface area contributed by atoms with Gasteiger partial charge in [-0.25, -0.2) is 0 Å². The number of carbonyl (C=O) groups excluding carboxylic acids is 1. The Kier molecular flexibility index (Phi) is 10.9. The van der Waals surface area contributed by atoms with Gasteiger partial charge in [0.25, 0.3) is 0 Å². The fraction of sp³-hybridized carbons (Fsp3) is 0.935. The van der Waals surface area contributed by atoms with Crippen LogP contribution < -0.4 is 11.1 Å². The van der Waals surface area contributed by atoms with Crippen molar-refractivity contribution in [3.8, 4) is 0 Å². The highest BCUT2D eigenvalue weighted by Crippen LogP contribution is 2.75. The summed E-state index contributed by atoms with van der Waals surface area (Å²) in [5.74, 6) is 1.15. The zero-order chi connectivity index (χ0) is 39.2. The maximum absolute atomic E-state index is 14.8. The summed E-state index contributed by atoms with van der Waals surface area (Å²) in [5.41, 5.74) is 3.68. The largest absolute Gasteiger partial charge is 0.396 e. The smallest absolute Gasteiger partial charge is 0.162 e. The van der Waals surface area contributed by atoms with Crippen molar-refractivity contribution < 1.29 is 34.7 Å². The van der Waals surface area contributed by atoms with Gasteiger partial charge in [0.15, 0.2) is 5.78 Å². The number of unbranched alkanes of at least 4 members (excludes halogenated alkanes) is 3. The third kappa shape index (κ3) is 6.15. The van der Waals surface area contributed by atoms with Crippen LogP contribution in [0.4, 0.5) is 0 Å². The second kappa shape index (κ2) is 14.7. The van der Waals surface area contributed by atoms with E-state index in [1.165, 1.54) is 19.3 Å². The van der Waals surface area contributed by atoms with Crippen LogP contribution in [0.15, 0.2) is 11.1 Å². The van der Waals surface area contributed by atoms with Crippen molar-refractivity contribution in [2.24, 2.45) is 57.5 Å². The number of aliphatic hydroxyl groups excluding tert-OH is 2. The summed E-state index contributed by atoms with van der Waals surface area (Å²) in [6.45, 7) is 12.1. The van der Waals surface area contributed by atoms with Gasteiger partial charge < -0.3 is 41.0 Å². The molecular weight excluding hydrogens is 693 g/mol. The first-order chi connectivity index (χ1) is 26.1.